The van der Waals surface area contributed by atoms with Gasteiger partial charge in [0, 0.05) is 18.1 Å². The van der Waals surface area contributed by atoms with Crippen LogP contribution in [0, 0.1) is 0 Å². The molecule has 9 heteroatoms. The van der Waals surface area contributed by atoms with Crippen molar-refractivity contribution in [3.63, 3.8) is 0 Å². The Bertz CT molecular complexity index is 961. The second kappa shape index (κ2) is 7.63. The molecule has 1 heterocycles. The summed E-state index contributed by atoms with van der Waals surface area (Å²) >= 11 is 6.03. The standard InChI is InChI=1S/C18H12ClF3N4O/c19-14-6-1-2-7-15(14)26-17-23-9-11(10-24-17)16(27)25-13-5-3-4-12(8-13)18(20,21)22/h1-10H,(H,25,27)(H,23,24,26). The van der Waals surface area contributed by atoms with Gasteiger partial charge in [0.25, 0.3) is 5.91 Å². The number of anilines is 3. The minimum Gasteiger partial charge on any atom is -0.323 e. The molecule has 0 aliphatic carbocycles. The average molecular weight is 393 g/mol. The summed E-state index contributed by atoms with van der Waals surface area (Å²) in [6.45, 7) is 0. The van der Waals surface area contributed by atoms with E-state index in [1.807, 2.05) is 0 Å². The van der Waals surface area contributed by atoms with E-state index in [1.54, 1.807) is 24.3 Å². The van der Waals surface area contributed by atoms with Crippen LogP contribution < -0.4 is 10.6 Å². The molecule has 2 aromatic carbocycles. The lowest BCUT2D eigenvalue weighted by molar-refractivity contribution is -0.137. The zero-order valence-electron chi connectivity index (χ0n) is 13.6. The zero-order valence-corrected chi connectivity index (χ0v) is 14.3. The number of alkyl halides is 3. The second-order valence-electron chi connectivity index (χ2n) is 5.43. The summed E-state index contributed by atoms with van der Waals surface area (Å²) in [5.74, 6) is -0.405. The third-order valence-corrected chi connectivity index (χ3v) is 3.81. The molecule has 1 amide bonds. The minimum absolute atomic E-state index is 0.0214. The van der Waals surface area contributed by atoms with Crippen molar-refractivity contribution >= 4 is 34.8 Å². The lowest BCUT2D eigenvalue weighted by Crippen LogP contribution is -2.14. The Balaban J connectivity index is 1.70. The highest BCUT2D eigenvalue weighted by atomic mass is 35.5. The third kappa shape index (κ3) is 4.73. The van der Waals surface area contributed by atoms with E-state index < -0.39 is 17.6 Å². The van der Waals surface area contributed by atoms with Crippen molar-refractivity contribution in [3.8, 4) is 0 Å². The Hall–Kier alpha value is -3.13. The van der Waals surface area contributed by atoms with E-state index in [4.69, 9.17) is 11.6 Å². The lowest BCUT2D eigenvalue weighted by atomic mass is 10.2. The zero-order chi connectivity index (χ0) is 19.4. The first-order chi connectivity index (χ1) is 12.8. The molecule has 0 saturated heterocycles. The number of amides is 1. The van der Waals surface area contributed by atoms with E-state index in [9.17, 15) is 18.0 Å². The number of carbonyl (C=O) groups is 1. The molecule has 0 aliphatic heterocycles. The van der Waals surface area contributed by atoms with E-state index in [0.29, 0.717) is 10.7 Å². The van der Waals surface area contributed by atoms with Crippen molar-refractivity contribution in [1.29, 1.82) is 0 Å². The van der Waals surface area contributed by atoms with Crippen LogP contribution in [-0.4, -0.2) is 15.9 Å². The molecule has 2 N–H and O–H groups in total. The number of benzene rings is 2. The predicted molar refractivity (Wildman–Crippen MR) is 96.2 cm³/mol. The Morgan fingerprint density at radius 3 is 2.37 bits per heavy atom. The Morgan fingerprint density at radius 1 is 1.00 bits per heavy atom. The number of nitrogens with zero attached hydrogens (tertiary/aromatic N) is 2. The Labute approximate surface area is 157 Å². The summed E-state index contributed by atoms with van der Waals surface area (Å²) in [5, 5.41) is 5.77. The highest BCUT2D eigenvalue weighted by Crippen LogP contribution is 2.30. The van der Waals surface area contributed by atoms with Crippen LogP contribution in [-0.2, 0) is 6.18 Å². The van der Waals surface area contributed by atoms with E-state index >= 15 is 0 Å². The summed E-state index contributed by atoms with van der Waals surface area (Å²) in [6.07, 6.45) is -1.97. The van der Waals surface area contributed by atoms with Gasteiger partial charge in [0.15, 0.2) is 0 Å². The van der Waals surface area contributed by atoms with E-state index in [2.05, 4.69) is 20.6 Å². The van der Waals surface area contributed by atoms with Crippen LogP contribution in [0.1, 0.15) is 15.9 Å². The summed E-state index contributed by atoms with van der Waals surface area (Å²) in [4.78, 5) is 20.2. The number of carbonyl (C=O) groups excluding carboxylic acids is 1. The molecule has 0 fully saturated rings. The van der Waals surface area contributed by atoms with Gasteiger partial charge in [0.1, 0.15) is 0 Å². The molecule has 138 valence electrons. The molecule has 27 heavy (non-hydrogen) atoms. The number of nitrogens with one attached hydrogen (secondary N) is 2. The van der Waals surface area contributed by atoms with Crippen molar-refractivity contribution in [1.82, 2.24) is 9.97 Å². The van der Waals surface area contributed by atoms with Gasteiger partial charge < -0.3 is 10.6 Å². The van der Waals surface area contributed by atoms with E-state index in [1.165, 1.54) is 24.5 Å². The Morgan fingerprint density at radius 2 is 1.70 bits per heavy atom. The molecular weight excluding hydrogens is 381 g/mol. The van der Waals surface area contributed by atoms with Crippen molar-refractivity contribution in [3.05, 3.63) is 77.1 Å². The first-order valence-corrected chi connectivity index (χ1v) is 8.03. The first kappa shape index (κ1) is 18.7. The quantitative estimate of drug-likeness (QED) is 0.644. The average Bonchev–Trinajstić information content (AvgIpc) is 2.64. The lowest BCUT2D eigenvalue weighted by Gasteiger charge is -2.10. The molecule has 0 aliphatic rings. The second-order valence-corrected chi connectivity index (χ2v) is 5.84. The summed E-state index contributed by atoms with van der Waals surface area (Å²) in [7, 11) is 0. The van der Waals surface area contributed by atoms with Crippen LogP contribution in [0.4, 0.5) is 30.5 Å². The van der Waals surface area contributed by atoms with Gasteiger partial charge in [0.05, 0.1) is 21.8 Å². The number of hydrogen-bond donors (Lipinski definition) is 2. The third-order valence-electron chi connectivity index (χ3n) is 3.48. The number of halogens is 4. The van der Waals surface area contributed by atoms with Crippen LogP contribution >= 0.6 is 11.6 Å². The molecular formula is C18H12ClF3N4O. The maximum atomic E-state index is 12.7. The fraction of sp³-hybridized carbons (Fsp3) is 0.0556. The van der Waals surface area contributed by atoms with Crippen LogP contribution in [0.15, 0.2) is 60.9 Å². The fourth-order valence-electron chi connectivity index (χ4n) is 2.17. The first-order valence-electron chi connectivity index (χ1n) is 7.65. The van der Waals surface area contributed by atoms with Crippen LogP contribution in [0.25, 0.3) is 0 Å². The van der Waals surface area contributed by atoms with Crippen LogP contribution in [0.2, 0.25) is 5.02 Å². The summed E-state index contributed by atoms with van der Waals surface area (Å²) in [6, 6.07) is 11.3. The van der Waals surface area contributed by atoms with E-state index in [0.717, 1.165) is 12.1 Å². The summed E-state index contributed by atoms with van der Waals surface area (Å²) < 4.78 is 38.2. The predicted octanol–water partition coefficient (Wildman–Crippen LogP) is 5.14. The molecule has 5 nitrogen and oxygen atoms in total. The van der Waals surface area contributed by atoms with Gasteiger partial charge in [-0.25, -0.2) is 9.97 Å². The molecule has 0 saturated carbocycles. The maximum Gasteiger partial charge on any atom is 0.416 e. The molecule has 0 radical (unpaired) electrons. The highest BCUT2D eigenvalue weighted by molar-refractivity contribution is 6.33. The number of aromatic nitrogens is 2. The fourth-order valence-corrected chi connectivity index (χ4v) is 2.35. The van der Waals surface area contributed by atoms with Crippen molar-refractivity contribution < 1.29 is 18.0 Å². The number of para-hydroxylation sites is 1. The van der Waals surface area contributed by atoms with Gasteiger partial charge in [-0.15, -0.1) is 0 Å². The molecule has 0 spiro atoms. The van der Waals surface area contributed by atoms with Crippen LogP contribution in [0.3, 0.4) is 0 Å². The molecule has 3 aromatic rings. The number of rotatable bonds is 4. The van der Waals surface area contributed by atoms with Gasteiger partial charge in [-0.05, 0) is 30.3 Å². The van der Waals surface area contributed by atoms with Crippen LogP contribution in [0.5, 0.6) is 0 Å². The largest absolute Gasteiger partial charge is 0.416 e. The van der Waals surface area contributed by atoms with Crippen molar-refractivity contribution in [2.45, 2.75) is 6.18 Å². The van der Waals surface area contributed by atoms with Gasteiger partial charge in [-0.2, -0.15) is 13.2 Å². The van der Waals surface area contributed by atoms with Crippen molar-refractivity contribution in [2.24, 2.45) is 0 Å². The molecule has 0 atom stereocenters. The highest BCUT2D eigenvalue weighted by Gasteiger charge is 2.30. The minimum atomic E-state index is -4.49. The topological polar surface area (TPSA) is 66.9 Å². The normalized spacial score (nSPS) is 11.1. The van der Waals surface area contributed by atoms with Gasteiger partial charge in [-0.3, -0.25) is 4.79 Å². The maximum absolute atomic E-state index is 12.7. The smallest absolute Gasteiger partial charge is 0.323 e. The van der Waals surface area contributed by atoms with Gasteiger partial charge in [-0.1, -0.05) is 29.8 Å². The van der Waals surface area contributed by atoms with E-state index in [-0.39, 0.29) is 17.2 Å². The molecule has 0 bridgehead atoms. The number of hydrogen-bond acceptors (Lipinski definition) is 4. The molecule has 0 unspecified atom stereocenters. The van der Waals surface area contributed by atoms with Crippen molar-refractivity contribution in [2.75, 3.05) is 10.6 Å². The monoisotopic (exact) mass is 392 g/mol. The molecule has 3 rings (SSSR count). The molecule has 1 aromatic heterocycles. The van der Waals surface area contributed by atoms with Gasteiger partial charge in [0.2, 0.25) is 5.95 Å². The van der Waals surface area contributed by atoms with Gasteiger partial charge >= 0.3 is 6.18 Å². The summed E-state index contributed by atoms with van der Waals surface area (Å²) in [5.41, 5.74) is -0.138. The SMILES string of the molecule is O=C(Nc1cccc(C(F)(F)F)c1)c1cnc(Nc2ccccc2Cl)nc1. The Kier molecular flexibility index (Phi) is 5.27.